The van der Waals surface area contributed by atoms with Crippen molar-refractivity contribution >= 4 is 17.6 Å². The molecule has 0 unspecified atom stereocenters. The standard InChI is InChI=1S/C18H21N3O4/c1-24-15-8-5-13(16(10-15)25-2)9-17(22)20-11-12-3-6-14(7-4-12)21-18(19)23/h3-8,10H,9,11H2,1-2H3,(H,20,22)(H3,19,21,23). The molecule has 4 N–H and O–H groups in total. The highest BCUT2D eigenvalue weighted by molar-refractivity contribution is 5.87. The number of nitrogens with two attached hydrogens (primary N) is 1. The van der Waals surface area contributed by atoms with Crippen LogP contribution in [0, 0.1) is 0 Å². The molecule has 2 aromatic carbocycles. The predicted molar refractivity (Wildman–Crippen MR) is 94.7 cm³/mol. The molecule has 0 aromatic heterocycles. The maximum Gasteiger partial charge on any atom is 0.316 e. The lowest BCUT2D eigenvalue weighted by Crippen LogP contribution is -2.24. The van der Waals surface area contributed by atoms with E-state index in [1.807, 2.05) is 6.07 Å². The number of rotatable bonds is 7. The molecule has 0 atom stereocenters. The number of benzene rings is 2. The van der Waals surface area contributed by atoms with Crippen LogP contribution in [0.2, 0.25) is 0 Å². The number of urea groups is 1. The fourth-order valence-electron chi connectivity index (χ4n) is 2.28. The third-order valence-electron chi connectivity index (χ3n) is 3.56. The highest BCUT2D eigenvalue weighted by Gasteiger charge is 2.10. The molecule has 0 spiro atoms. The van der Waals surface area contributed by atoms with Crippen molar-refractivity contribution in [2.75, 3.05) is 19.5 Å². The third-order valence-corrected chi connectivity index (χ3v) is 3.56. The number of carbonyl (C=O) groups excluding carboxylic acids is 2. The largest absolute Gasteiger partial charge is 0.497 e. The lowest BCUT2D eigenvalue weighted by Gasteiger charge is -2.11. The van der Waals surface area contributed by atoms with Crippen LogP contribution in [0.25, 0.3) is 0 Å². The van der Waals surface area contributed by atoms with E-state index >= 15 is 0 Å². The molecule has 7 nitrogen and oxygen atoms in total. The molecule has 0 radical (unpaired) electrons. The molecule has 2 rings (SSSR count). The van der Waals surface area contributed by atoms with Crippen molar-refractivity contribution < 1.29 is 19.1 Å². The number of ether oxygens (including phenoxy) is 2. The summed E-state index contributed by atoms with van der Waals surface area (Å²) in [7, 11) is 3.13. The van der Waals surface area contributed by atoms with Gasteiger partial charge in [-0.05, 0) is 23.8 Å². The Kier molecular flexibility index (Phi) is 6.22. The van der Waals surface area contributed by atoms with Crippen LogP contribution in [-0.2, 0) is 17.8 Å². The van der Waals surface area contributed by atoms with Gasteiger partial charge in [0, 0.05) is 23.9 Å². The van der Waals surface area contributed by atoms with Gasteiger partial charge in [0.25, 0.3) is 0 Å². The molecule has 0 saturated carbocycles. The number of hydrogen-bond acceptors (Lipinski definition) is 4. The molecule has 0 heterocycles. The molecule has 25 heavy (non-hydrogen) atoms. The normalized spacial score (nSPS) is 10.0. The van der Waals surface area contributed by atoms with E-state index in [2.05, 4.69) is 10.6 Å². The minimum Gasteiger partial charge on any atom is -0.497 e. The summed E-state index contributed by atoms with van der Waals surface area (Å²) in [6.07, 6.45) is 0.203. The van der Waals surface area contributed by atoms with Crippen LogP contribution in [-0.4, -0.2) is 26.2 Å². The minimum absolute atomic E-state index is 0.122. The Morgan fingerprint density at radius 2 is 1.76 bits per heavy atom. The number of carbonyl (C=O) groups is 2. The topological polar surface area (TPSA) is 103 Å². The summed E-state index contributed by atoms with van der Waals surface area (Å²) in [6.45, 7) is 0.383. The summed E-state index contributed by atoms with van der Waals surface area (Å²) in [6, 6.07) is 11.8. The van der Waals surface area contributed by atoms with Crippen molar-refractivity contribution in [3.63, 3.8) is 0 Å². The van der Waals surface area contributed by atoms with Gasteiger partial charge in [-0.3, -0.25) is 4.79 Å². The lowest BCUT2D eigenvalue weighted by molar-refractivity contribution is -0.120. The lowest BCUT2D eigenvalue weighted by atomic mass is 10.1. The van der Waals surface area contributed by atoms with Crippen LogP contribution in [0.15, 0.2) is 42.5 Å². The Hall–Kier alpha value is -3.22. The summed E-state index contributed by atoms with van der Waals surface area (Å²) in [5.41, 5.74) is 7.34. The maximum absolute atomic E-state index is 12.1. The molecule has 0 aliphatic rings. The maximum atomic E-state index is 12.1. The van der Waals surface area contributed by atoms with Gasteiger partial charge in [-0.15, -0.1) is 0 Å². The molecule has 3 amide bonds. The summed E-state index contributed by atoms with van der Waals surface area (Å²) >= 11 is 0. The van der Waals surface area contributed by atoms with Gasteiger partial charge < -0.3 is 25.8 Å². The van der Waals surface area contributed by atoms with Gasteiger partial charge in [-0.2, -0.15) is 0 Å². The molecule has 0 bridgehead atoms. The number of nitrogens with one attached hydrogen (secondary N) is 2. The van der Waals surface area contributed by atoms with Crippen LogP contribution in [0.1, 0.15) is 11.1 Å². The Balaban J connectivity index is 1.91. The van der Waals surface area contributed by atoms with Gasteiger partial charge in [0.05, 0.1) is 20.6 Å². The summed E-state index contributed by atoms with van der Waals surface area (Å²) in [5, 5.41) is 5.33. The van der Waals surface area contributed by atoms with Gasteiger partial charge in [0.15, 0.2) is 0 Å². The van der Waals surface area contributed by atoms with Crippen LogP contribution in [0.5, 0.6) is 11.5 Å². The Bertz CT molecular complexity index is 744. The van der Waals surface area contributed by atoms with E-state index in [-0.39, 0.29) is 12.3 Å². The molecule has 0 aliphatic carbocycles. The monoisotopic (exact) mass is 343 g/mol. The second-order valence-corrected chi connectivity index (χ2v) is 5.32. The zero-order chi connectivity index (χ0) is 18.2. The van der Waals surface area contributed by atoms with Crippen molar-refractivity contribution in [3.8, 4) is 11.5 Å². The van der Waals surface area contributed by atoms with E-state index < -0.39 is 6.03 Å². The molecular formula is C18H21N3O4. The summed E-state index contributed by atoms with van der Waals surface area (Å²) < 4.78 is 10.4. The Labute approximate surface area is 146 Å². The highest BCUT2D eigenvalue weighted by Crippen LogP contribution is 2.24. The SMILES string of the molecule is COc1ccc(CC(=O)NCc2ccc(NC(N)=O)cc2)c(OC)c1. The van der Waals surface area contributed by atoms with E-state index in [0.717, 1.165) is 11.1 Å². The quantitative estimate of drug-likeness (QED) is 0.716. The first-order valence-corrected chi connectivity index (χ1v) is 7.65. The van der Waals surface area contributed by atoms with Crippen molar-refractivity contribution in [2.24, 2.45) is 5.73 Å². The highest BCUT2D eigenvalue weighted by atomic mass is 16.5. The van der Waals surface area contributed by atoms with Gasteiger partial charge in [-0.1, -0.05) is 18.2 Å². The van der Waals surface area contributed by atoms with Gasteiger partial charge in [0.1, 0.15) is 11.5 Å². The zero-order valence-corrected chi connectivity index (χ0v) is 14.2. The number of amides is 3. The second kappa shape index (κ2) is 8.58. The molecule has 0 saturated heterocycles. The van der Waals surface area contributed by atoms with E-state index in [9.17, 15) is 9.59 Å². The first-order valence-electron chi connectivity index (χ1n) is 7.65. The van der Waals surface area contributed by atoms with Crippen LogP contribution < -0.4 is 25.8 Å². The van der Waals surface area contributed by atoms with Crippen molar-refractivity contribution in [1.29, 1.82) is 0 Å². The van der Waals surface area contributed by atoms with Gasteiger partial charge in [0.2, 0.25) is 5.91 Å². The molecule has 132 valence electrons. The Morgan fingerprint density at radius 3 is 2.36 bits per heavy atom. The molecule has 2 aromatic rings. The van der Waals surface area contributed by atoms with Gasteiger partial charge in [-0.25, -0.2) is 4.79 Å². The van der Waals surface area contributed by atoms with Crippen LogP contribution >= 0.6 is 0 Å². The van der Waals surface area contributed by atoms with E-state index in [1.165, 1.54) is 0 Å². The Morgan fingerprint density at radius 1 is 1.04 bits per heavy atom. The van der Waals surface area contributed by atoms with E-state index in [1.54, 1.807) is 50.6 Å². The molecule has 7 heteroatoms. The first-order chi connectivity index (χ1) is 12.0. The zero-order valence-electron chi connectivity index (χ0n) is 14.2. The average Bonchev–Trinajstić information content (AvgIpc) is 2.61. The molecule has 0 aliphatic heterocycles. The fourth-order valence-corrected chi connectivity index (χ4v) is 2.28. The summed E-state index contributed by atoms with van der Waals surface area (Å²) in [5.74, 6) is 1.16. The molecular weight excluding hydrogens is 322 g/mol. The first kappa shape index (κ1) is 18.1. The van der Waals surface area contributed by atoms with Gasteiger partial charge >= 0.3 is 6.03 Å². The summed E-state index contributed by atoms with van der Waals surface area (Å²) in [4.78, 5) is 22.9. The van der Waals surface area contributed by atoms with E-state index in [0.29, 0.717) is 23.7 Å². The second-order valence-electron chi connectivity index (χ2n) is 5.32. The average molecular weight is 343 g/mol. The van der Waals surface area contributed by atoms with Crippen LogP contribution in [0.4, 0.5) is 10.5 Å². The van der Waals surface area contributed by atoms with Crippen molar-refractivity contribution in [2.45, 2.75) is 13.0 Å². The predicted octanol–water partition coefficient (Wildman–Crippen LogP) is 2.05. The number of primary amides is 1. The molecule has 0 fully saturated rings. The minimum atomic E-state index is -0.616. The number of methoxy groups -OCH3 is 2. The number of anilines is 1. The van der Waals surface area contributed by atoms with E-state index in [4.69, 9.17) is 15.2 Å². The third kappa shape index (κ3) is 5.42. The fraction of sp³-hybridized carbons (Fsp3) is 0.222. The van der Waals surface area contributed by atoms with Crippen LogP contribution in [0.3, 0.4) is 0 Å². The number of hydrogen-bond donors (Lipinski definition) is 3. The smallest absolute Gasteiger partial charge is 0.316 e. The van der Waals surface area contributed by atoms with Crippen molar-refractivity contribution in [3.05, 3.63) is 53.6 Å². The van der Waals surface area contributed by atoms with Crippen molar-refractivity contribution in [1.82, 2.24) is 5.32 Å².